The monoisotopic (exact) mass is 193 g/mol. The molecule has 0 amide bonds. The van der Waals surface area contributed by atoms with Gasteiger partial charge in [0.2, 0.25) is 0 Å². The fraction of sp³-hybridized carbons (Fsp3) is 0.200. The molecule has 0 fully saturated rings. The Balaban J connectivity index is 2.26. The van der Waals surface area contributed by atoms with Crippen molar-refractivity contribution in [3.05, 3.63) is 30.5 Å². The molecule has 2 aromatic rings. The van der Waals surface area contributed by atoms with Crippen molar-refractivity contribution in [2.24, 2.45) is 0 Å². The third kappa shape index (κ3) is 1.87. The van der Waals surface area contributed by atoms with Crippen molar-refractivity contribution in [3.8, 4) is 0 Å². The molecule has 2 nitrogen and oxygen atoms in total. The number of hydrogen-bond donors (Lipinski definition) is 1. The first-order chi connectivity index (χ1) is 6.40. The molecule has 0 aliphatic carbocycles. The zero-order valence-electron chi connectivity index (χ0n) is 7.41. The van der Waals surface area contributed by atoms with Crippen LogP contribution in [0.1, 0.15) is 6.92 Å². The fourth-order valence-corrected chi connectivity index (χ4v) is 1.76. The highest BCUT2D eigenvalue weighted by Gasteiger charge is 1.97. The van der Waals surface area contributed by atoms with Gasteiger partial charge in [0.05, 0.1) is 6.61 Å². The molecule has 3 heteroatoms. The third-order valence-electron chi connectivity index (χ3n) is 1.80. The summed E-state index contributed by atoms with van der Waals surface area (Å²) in [6.45, 7) is 2.72. The van der Waals surface area contributed by atoms with E-state index in [0.717, 1.165) is 11.5 Å². The Morgan fingerprint density at radius 3 is 3.15 bits per heavy atom. The summed E-state index contributed by atoms with van der Waals surface area (Å²) in [7, 11) is 0. The third-order valence-corrected chi connectivity index (χ3v) is 2.60. The van der Waals surface area contributed by atoms with Crippen LogP contribution in [0.3, 0.4) is 0 Å². The Kier molecular flexibility index (Phi) is 2.57. The first kappa shape index (κ1) is 8.66. The Bertz CT molecular complexity index is 396. The molecule has 0 spiro atoms. The number of hydrogen-bond acceptors (Lipinski definition) is 2. The van der Waals surface area contributed by atoms with Gasteiger partial charge in [-0.15, -0.1) is 0 Å². The summed E-state index contributed by atoms with van der Waals surface area (Å²) in [5.41, 5.74) is 1.17. The summed E-state index contributed by atoms with van der Waals surface area (Å²) in [5.74, 6) is 0. The molecule has 0 aliphatic heterocycles. The van der Waals surface area contributed by atoms with Gasteiger partial charge in [0, 0.05) is 34.0 Å². The van der Waals surface area contributed by atoms with Crippen LogP contribution in [0.15, 0.2) is 35.4 Å². The van der Waals surface area contributed by atoms with E-state index in [1.54, 1.807) is 0 Å². The molecule has 2 rings (SSSR count). The summed E-state index contributed by atoms with van der Waals surface area (Å²) >= 11 is 1.42. The minimum atomic E-state index is 0.732. The molecule has 0 atom stereocenters. The van der Waals surface area contributed by atoms with Gasteiger partial charge in [0.15, 0.2) is 0 Å². The quantitative estimate of drug-likeness (QED) is 0.757. The lowest BCUT2D eigenvalue weighted by molar-refractivity contribution is 0.402. The zero-order valence-corrected chi connectivity index (χ0v) is 8.23. The topological polar surface area (TPSA) is 25.0 Å². The van der Waals surface area contributed by atoms with Crippen LogP contribution in [0.2, 0.25) is 0 Å². The predicted octanol–water partition coefficient (Wildman–Crippen LogP) is 3.21. The smallest absolute Gasteiger partial charge is 0.0590 e. The Labute approximate surface area is 81.5 Å². The van der Waals surface area contributed by atoms with Crippen LogP contribution >= 0.6 is 12.0 Å². The number of benzene rings is 1. The summed E-state index contributed by atoms with van der Waals surface area (Å²) in [4.78, 5) is 4.30. The second-order valence-electron chi connectivity index (χ2n) is 2.72. The van der Waals surface area contributed by atoms with E-state index in [-0.39, 0.29) is 0 Å². The molecule has 0 unspecified atom stereocenters. The second kappa shape index (κ2) is 3.85. The minimum absolute atomic E-state index is 0.732. The maximum absolute atomic E-state index is 5.25. The molecule has 68 valence electrons. The molecule has 1 aromatic heterocycles. The molecule has 1 heterocycles. The van der Waals surface area contributed by atoms with Gasteiger partial charge in [-0.3, -0.25) is 0 Å². The number of aromatic amines is 1. The predicted molar refractivity (Wildman–Crippen MR) is 55.8 cm³/mol. The Hall–Kier alpha value is -0.930. The van der Waals surface area contributed by atoms with Crippen molar-refractivity contribution >= 4 is 22.9 Å². The van der Waals surface area contributed by atoms with Crippen LogP contribution in [0.25, 0.3) is 10.9 Å². The van der Waals surface area contributed by atoms with Crippen LogP contribution in [0.5, 0.6) is 0 Å². The van der Waals surface area contributed by atoms with E-state index in [9.17, 15) is 0 Å². The van der Waals surface area contributed by atoms with Crippen LogP contribution in [-0.2, 0) is 4.18 Å². The minimum Gasteiger partial charge on any atom is -0.361 e. The molecular weight excluding hydrogens is 182 g/mol. The molecule has 0 radical (unpaired) electrons. The van der Waals surface area contributed by atoms with Crippen LogP contribution in [0.4, 0.5) is 0 Å². The van der Waals surface area contributed by atoms with Gasteiger partial charge in [-0.25, -0.2) is 0 Å². The Morgan fingerprint density at radius 2 is 2.31 bits per heavy atom. The largest absolute Gasteiger partial charge is 0.361 e. The molecular formula is C10H11NOS. The maximum atomic E-state index is 5.25. The molecule has 13 heavy (non-hydrogen) atoms. The van der Waals surface area contributed by atoms with Crippen molar-refractivity contribution in [1.82, 2.24) is 4.98 Å². The van der Waals surface area contributed by atoms with Gasteiger partial charge in [-0.1, -0.05) is 0 Å². The number of rotatable bonds is 3. The van der Waals surface area contributed by atoms with E-state index in [0.29, 0.717) is 0 Å². The van der Waals surface area contributed by atoms with E-state index in [1.807, 2.05) is 13.1 Å². The lowest BCUT2D eigenvalue weighted by atomic mass is 10.2. The normalized spacial score (nSPS) is 10.8. The fourth-order valence-electron chi connectivity index (χ4n) is 1.21. The first-order valence-corrected chi connectivity index (χ1v) is 5.01. The van der Waals surface area contributed by atoms with E-state index < -0.39 is 0 Å². The van der Waals surface area contributed by atoms with Crippen molar-refractivity contribution < 1.29 is 4.18 Å². The average molecular weight is 193 g/mol. The first-order valence-electron chi connectivity index (χ1n) is 4.27. The van der Waals surface area contributed by atoms with Crippen LogP contribution < -0.4 is 0 Å². The maximum Gasteiger partial charge on any atom is 0.0590 e. The molecule has 0 bridgehead atoms. The molecule has 1 aromatic carbocycles. The summed E-state index contributed by atoms with van der Waals surface area (Å²) in [5, 5.41) is 1.23. The molecule has 0 saturated carbocycles. The van der Waals surface area contributed by atoms with Gasteiger partial charge in [-0.05, 0) is 31.2 Å². The molecule has 0 saturated heterocycles. The van der Waals surface area contributed by atoms with Gasteiger partial charge in [0.25, 0.3) is 0 Å². The van der Waals surface area contributed by atoms with Gasteiger partial charge < -0.3 is 9.17 Å². The van der Waals surface area contributed by atoms with Crippen LogP contribution in [0, 0.1) is 0 Å². The van der Waals surface area contributed by atoms with E-state index >= 15 is 0 Å². The summed E-state index contributed by atoms with van der Waals surface area (Å²) < 4.78 is 5.25. The van der Waals surface area contributed by atoms with E-state index in [1.165, 1.54) is 22.9 Å². The average Bonchev–Trinajstić information content (AvgIpc) is 2.61. The number of nitrogens with one attached hydrogen (secondary N) is 1. The lowest BCUT2D eigenvalue weighted by Crippen LogP contribution is -1.77. The number of fused-ring (bicyclic) bond motifs is 1. The standard InChI is InChI=1S/C10H11NOS/c1-2-12-13-9-3-4-10-8(7-9)5-6-11-10/h3-7,11H,2H2,1H3. The van der Waals surface area contributed by atoms with Crippen molar-refractivity contribution in [1.29, 1.82) is 0 Å². The summed E-state index contributed by atoms with van der Waals surface area (Å²) in [6.07, 6.45) is 1.94. The van der Waals surface area contributed by atoms with Crippen LogP contribution in [-0.4, -0.2) is 11.6 Å². The van der Waals surface area contributed by atoms with Crippen molar-refractivity contribution in [2.45, 2.75) is 11.8 Å². The SMILES string of the molecule is CCOSc1ccc2[nH]ccc2c1. The highest BCUT2D eigenvalue weighted by molar-refractivity contribution is 7.94. The highest BCUT2D eigenvalue weighted by Crippen LogP contribution is 2.23. The van der Waals surface area contributed by atoms with Gasteiger partial charge >= 0.3 is 0 Å². The zero-order chi connectivity index (χ0) is 9.10. The number of H-pyrrole nitrogens is 1. The van der Waals surface area contributed by atoms with Gasteiger partial charge in [0.1, 0.15) is 0 Å². The van der Waals surface area contributed by atoms with Crippen molar-refractivity contribution in [3.63, 3.8) is 0 Å². The Morgan fingerprint density at radius 1 is 1.38 bits per heavy atom. The lowest BCUT2D eigenvalue weighted by Gasteiger charge is -1.99. The molecule has 0 aliphatic rings. The number of aromatic nitrogens is 1. The summed E-state index contributed by atoms with van der Waals surface area (Å²) in [6, 6.07) is 8.30. The van der Waals surface area contributed by atoms with E-state index in [2.05, 4.69) is 29.2 Å². The molecule has 1 N–H and O–H groups in total. The highest BCUT2D eigenvalue weighted by atomic mass is 32.2. The van der Waals surface area contributed by atoms with Gasteiger partial charge in [-0.2, -0.15) is 0 Å². The van der Waals surface area contributed by atoms with Crippen molar-refractivity contribution in [2.75, 3.05) is 6.61 Å². The van der Waals surface area contributed by atoms with E-state index in [4.69, 9.17) is 4.18 Å². The second-order valence-corrected chi connectivity index (χ2v) is 3.59.